The Morgan fingerprint density at radius 3 is 2.57 bits per heavy atom. The minimum atomic E-state index is -0.759. The quantitative estimate of drug-likeness (QED) is 0.549. The molecule has 1 unspecified atom stereocenters. The van der Waals surface area contributed by atoms with Crippen LogP contribution in [0.4, 0.5) is 0 Å². The maximum atomic E-state index is 12.2. The van der Waals surface area contributed by atoms with Gasteiger partial charge in [0, 0.05) is 13.1 Å². The highest BCUT2D eigenvalue weighted by atomic mass is 16.9. The van der Waals surface area contributed by atoms with Crippen LogP contribution in [0.25, 0.3) is 0 Å². The zero-order chi connectivity index (χ0) is 15.2. The standard InChI is InChI=1S/C13H23N3O5/c1-14-7-3-2-4-12(14)13(17)21-15-8-5-11(6-9-15)10-20-16(18)19/h11-12H,2-10H2,1H3. The largest absolute Gasteiger partial charge is 0.366 e. The summed E-state index contributed by atoms with van der Waals surface area (Å²) in [5.41, 5.74) is 0. The number of carbonyl (C=O) groups is 1. The van der Waals surface area contributed by atoms with Crippen molar-refractivity contribution in [3.63, 3.8) is 0 Å². The lowest BCUT2D eigenvalue weighted by Gasteiger charge is -2.34. The predicted molar refractivity (Wildman–Crippen MR) is 73.6 cm³/mol. The number of rotatable bonds is 5. The van der Waals surface area contributed by atoms with Crippen LogP contribution in [0.3, 0.4) is 0 Å². The van der Waals surface area contributed by atoms with Gasteiger partial charge in [-0.15, -0.1) is 15.2 Å². The van der Waals surface area contributed by atoms with E-state index < -0.39 is 5.09 Å². The first-order valence-electron chi connectivity index (χ1n) is 7.50. The fourth-order valence-corrected chi connectivity index (χ4v) is 2.89. The molecule has 2 fully saturated rings. The summed E-state index contributed by atoms with van der Waals surface area (Å²) >= 11 is 0. The van der Waals surface area contributed by atoms with Crippen LogP contribution in [-0.2, 0) is 14.5 Å². The van der Waals surface area contributed by atoms with Gasteiger partial charge in [-0.1, -0.05) is 6.42 Å². The Bertz CT molecular complexity index is 371. The maximum absolute atomic E-state index is 12.2. The molecule has 0 saturated carbocycles. The van der Waals surface area contributed by atoms with Crippen molar-refractivity contribution in [2.24, 2.45) is 5.92 Å². The number of piperidine rings is 2. The molecule has 2 heterocycles. The van der Waals surface area contributed by atoms with E-state index in [0.29, 0.717) is 13.1 Å². The Kier molecular flexibility index (Phi) is 5.75. The van der Waals surface area contributed by atoms with Gasteiger partial charge >= 0.3 is 5.97 Å². The molecule has 0 radical (unpaired) electrons. The number of hydroxylamine groups is 2. The molecule has 0 aromatic rings. The second kappa shape index (κ2) is 7.56. The van der Waals surface area contributed by atoms with Gasteiger partial charge in [-0.25, -0.2) is 4.79 Å². The third kappa shape index (κ3) is 4.82. The summed E-state index contributed by atoms with van der Waals surface area (Å²) in [6.45, 7) is 2.27. The first kappa shape index (κ1) is 16.0. The molecule has 0 N–H and O–H groups in total. The molecular formula is C13H23N3O5. The van der Waals surface area contributed by atoms with Crippen molar-refractivity contribution in [2.45, 2.75) is 38.1 Å². The molecule has 0 amide bonds. The fourth-order valence-electron chi connectivity index (χ4n) is 2.89. The van der Waals surface area contributed by atoms with Gasteiger partial charge in [-0.3, -0.25) is 4.90 Å². The van der Waals surface area contributed by atoms with E-state index in [1.54, 1.807) is 5.06 Å². The summed E-state index contributed by atoms with van der Waals surface area (Å²) in [6, 6.07) is -0.144. The van der Waals surface area contributed by atoms with E-state index in [9.17, 15) is 14.9 Å². The minimum absolute atomic E-state index is 0.125. The van der Waals surface area contributed by atoms with E-state index in [0.717, 1.165) is 38.6 Å². The first-order valence-corrected chi connectivity index (χ1v) is 7.50. The van der Waals surface area contributed by atoms with Crippen LogP contribution in [0.15, 0.2) is 0 Å². The van der Waals surface area contributed by atoms with Crippen LogP contribution in [0.1, 0.15) is 32.1 Å². The highest BCUT2D eigenvalue weighted by molar-refractivity contribution is 5.75. The molecule has 0 aromatic heterocycles. The Hall–Kier alpha value is -1.41. The summed E-state index contributed by atoms with van der Waals surface area (Å²) in [7, 11) is 1.95. The molecule has 8 nitrogen and oxygen atoms in total. The lowest BCUT2D eigenvalue weighted by molar-refractivity contribution is -0.759. The van der Waals surface area contributed by atoms with Crippen LogP contribution >= 0.6 is 0 Å². The topological polar surface area (TPSA) is 85.2 Å². The molecule has 120 valence electrons. The van der Waals surface area contributed by atoms with Crippen molar-refractivity contribution in [3.05, 3.63) is 10.1 Å². The third-order valence-corrected chi connectivity index (χ3v) is 4.25. The Labute approximate surface area is 124 Å². The van der Waals surface area contributed by atoms with Gasteiger partial charge in [-0.05, 0) is 45.2 Å². The van der Waals surface area contributed by atoms with E-state index in [4.69, 9.17) is 4.84 Å². The van der Waals surface area contributed by atoms with Gasteiger partial charge in [0.2, 0.25) is 0 Å². The Morgan fingerprint density at radius 1 is 1.24 bits per heavy atom. The lowest BCUT2D eigenvalue weighted by atomic mass is 9.99. The van der Waals surface area contributed by atoms with Crippen LogP contribution in [-0.4, -0.2) is 60.3 Å². The van der Waals surface area contributed by atoms with Crippen molar-refractivity contribution < 1.29 is 19.6 Å². The van der Waals surface area contributed by atoms with E-state index in [1.165, 1.54) is 0 Å². The van der Waals surface area contributed by atoms with Crippen LogP contribution < -0.4 is 0 Å². The molecule has 1 atom stereocenters. The van der Waals surface area contributed by atoms with Crippen LogP contribution in [0.2, 0.25) is 0 Å². The van der Waals surface area contributed by atoms with E-state index in [2.05, 4.69) is 4.84 Å². The summed E-state index contributed by atoms with van der Waals surface area (Å²) < 4.78 is 0. The molecular weight excluding hydrogens is 278 g/mol. The zero-order valence-corrected chi connectivity index (χ0v) is 12.4. The predicted octanol–water partition coefficient (Wildman–Crippen LogP) is 0.849. The fraction of sp³-hybridized carbons (Fsp3) is 0.923. The number of carbonyl (C=O) groups excluding carboxylic acids is 1. The number of likely N-dealkylation sites (tertiary alicyclic amines) is 1. The highest BCUT2D eigenvalue weighted by Gasteiger charge is 2.30. The molecule has 21 heavy (non-hydrogen) atoms. The third-order valence-electron chi connectivity index (χ3n) is 4.25. The van der Waals surface area contributed by atoms with E-state index in [1.807, 2.05) is 11.9 Å². The van der Waals surface area contributed by atoms with Gasteiger partial charge in [-0.2, -0.15) is 0 Å². The molecule has 0 aromatic carbocycles. The van der Waals surface area contributed by atoms with Crippen molar-refractivity contribution in [1.82, 2.24) is 9.96 Å². The SMILES string of the molecule is CN1CCCCC1C(=O)ON1CCC(CO[N+](=O)[O-])CC1. The molecule has 2 aliphatic heterocycles. The van der Waals surface area contributed by atoms with Crippen LogP contribution in [0.5, 0.6) is 0 Å². The van der Waals surface area contributed by atoms with Crippen molar-refractivity contribution in [3.8, 4) is 0 Å². The van der Waals surface area contributed by atoms with Gasteiger partial charge < -0.3 is 9.68 Å². The van der Waals surface area contributed by atoms with Crippen molar-refractivity contribution in [1.29, 1.82) is 0 Å². The smallest absolute Gasteiger partial charge is 0.342 e. The Balaban J connectivity index is 1.70. The van der Waals surface area contributed by atoms with E-state index in [-0.39, 0.29) is 24.5 Å². The number of hydrogen-bond acceptors (Lipinski definition) is 7. The van der Waals surface area contributed by atoms with Gasteiger partial charge in [0.25, 0.3) is 5.09 Å². The highest BCUT2D eigenvalue weighted by Crippen LogP contribution is 2.20. The molecule has 8 heteroatoms. The second-order valence-corrected chi connectivity index (χ2v) is 5.79. The van der Waals surface area contributed by atoms with Gasteiger partial charge in [0.05, 0.1) is 6.61 Å². The molecule has 2 rings (SSSR count). The minimum Gasteiger partial charge on any atom is -0.366 e. The second-order valence-electron chi connectivity index (χ2n) is 5.79. The number of likely N-dealkylation sites (N-methyl/N-ethyl adjacent to an activating group) is 1. The number of nitrogens with zero attached hydrogens (tertiary/aromatic N) is 3. The average Bonchev–Trinajstić information content (AvgIpc) is 2.47. The van der Waals surface area contributed by atoms with E-state index >= 15 is 0 Å². The van der Waals surface area contributed by atoms with Crippen molar-refractivity contribution in [2.75, 3.05) is 33.3 Å². The maximum Gasteiger partial charge on any atom is 0.342 e. The summed E-state index contributed by atoms with van der Waals surface area (Å²) in [4.78, 5) is 34.2. The lowest BCUT2D eigenvalue weighted by Crippen LogP contribution is -2.46. The van der Waals surface area contributed by atoms with Crippen molar-refractivity contribution >= 4 is 5.97 Å². The normalized spacial score (nSPS) is 25.5. The summed E-state index contributed by atoms with van der Waals surface area (Å²) in [5, 5.41) is 11.1. The monoisotopic (exact) mass is 301 g/mol. The first-order chi connectivity index (χ1) is 10.1. The summed E-state index contributed by atoms with van der Waals surface area (Å²) in [5.74, 6) is -0.0279. The zero-order valence-electron chi connectivity index (χ0n) is 12.4. The molecule has 2 saturated heterocycles. The molecule has 0 bridgehead atoms. The molecule has 0 spiro atoms. The average molecular weight is 301 g/mol. The summed E-state index contributed by atoms with van der Waals surface area (Å²) in [6.07, 6.45) is 4.51. The number of hydrogen-bond donors (Lipinski definition) is 0. The Morgan fingerprint density at radius 2 is 1.95 bits per heavy atom. The van der Waals surface area contributed by atoms with Gasteiger partial charge in [0.15, 0.2) is 0 Å². The molecule has 0 aliphatic carbocycles. The molecule has 2 aliphatic rings. The van der Waals surface area contributed by atoms with Crippen LogP contribution in [0, 0.1) is 16.0 Å². The van der Waals surface area contributed by atoms with Gasteiger partial charge in [0.1, 0.15) is 6.04 Å².